The maximum absolute atomic E-state index is 13.2. The van der Waals surface area contributed by atoms with E-state index in [-0.39, 0.29) is 24.3 Å². The molecule has 0 radical (unpaired) electrons. The Morgan fingerprint density at radius 3 is 2.00 bits per heavy atom. The van der Waals surface area contributed by atoms with Crippen LogP contribution < -0.4 is 10.6 Å². The van der Waals surface area contributed by atoms with Crippen molar-refractivity contribution in [3.05, 3.63) is 71.8 Å². The lowest BCUT2D eigenvalue weighted by Gasteiger charge is -2.39. The smallest absolute Gasteiger partial charge is 0.315 e. The molecule has 1 aliphatic carbocycles. The summed E-state index contributed by atoms with van der Waals surface area (Å²) in [5.41, 5.74) is 0.200. The first-order valence-electron chi connectivity index (χ1n) is 13.1. The average molecular weight is 481 g/mol. The Balaban J connectivity index is 1.43. The second-order valence-corrected chi connectivity index (χ2v) is 10.4. The van der Waals surface area contributed by atoms with Crippen molar-refractivity contribution in [1.29, 1.82) is 0 Å². The van der Waals surface area contributed by atoms with Crippen LogP contribution in [0, 0.1) is 11.8 Å². The van der Waals surface area contributed by atoms with E-state index in [0.717, 1.165) is 43.2 Å². The van der Waals surface area contributed by atoms with Crippen molar-refractivity contribution in [2.24, 2.45) is 11.8 Å². The summed E-state index contributed by atoms with van der Waals surface area (Å²) in [5, 5.41) is 18.6. The van der Waals surface area contributed by atoms with Crippen molar-refractivity contribution in [3.8, 4) is 0 Å². The summed E-state index contributed by atoms with van der Waals surface area (Å²) in [6, 6.07) is 18.7. The van der Waals surface area contributed by atoms with Gasteiger partial charge in [0.15, 0.2) is 6.29 Å². The van der Waals surface area contributed by atoms with Crippen LogP contribution in [0.25, 0.3) is 0 Å². The van der Waals surface area contributed by atoms with Crippen LogP contribution in [-0.2, 0) is 15.1 Å². The van der Waals surface area contributed by atoms with E-state index in [1.807, 2.05) is 60.7 Å². The topological polar surface area (TPSA) is 79.8 Å². The van der Waals surface area contributed by atoms with Gasteiger partial charge in [0.25, 0.3) is 0 Å². The highest BCUT2D eigenvalue weighted by molar-refractivity contribution is 5.75. The summed E-state index contributed by atoms with van der Waals surface area (Å²) in [6.45, 7) is 5.61. The van der Waals surface area contributed by atoms with Gasteiger partial charge in [-0.15, -0.1) is 0 Å². The van der Waals surface area contributed by atoms with Crippen LogP contribution in [0.15, 0.2) is 60.7 Å². The fourth-order valence-corrected chi connectivity index (χ4v) is 5.50. The van der Waals surface area contributed by atoms with Crippen molar-refractivity contribution in [2.75, 3.05) is 13.2 Å². The van der Waals surface area contributed by atoms with Crippen LogP contribution in [0.3, 0.4) is 0 Å². The highest BCUT2D eigenvalue weighted by Gasteiger charge is 2.41. The monoisotopic (exact) mass is 480 g/mol. The summed E-state index contributed by atoms with van der Waals surface area (Å²) in [6.07, 6.45) is 5.53. The molecule has 4 rings (SSSR count). The van der Waals surface area contributed by atoms with E-state index in [1.54, 1.807) is 0 Å². The molecule has 0 unspecified atom stereocenters. The molecule has 2 fully saturated rings. The summed E-state index contributed by atoms with van der Waals surface area (Å²) >= 11 is 0. The normalized spacial score (nSPS) is 22.2. The number of benzene rings is 2. The van der Waals surface area contributed by atoms with Crippen LogP contribution in [0.5, 0.6) is 0 Å². The van der Waals surface area contributed by atoms with E-state index in [0.29, 0.717) is 25.6 Å². The van der Waals surface area contributed by atoms with Crippen LogP contribution in [0.4, 0.5) is 4.79 Å². The Bertz CT molecular complexity index is 867. The van der Waals surface area contributed by atoms with Gasteiger partial charge < -0.3 is 25.2 Å². The fourth-order valence-electron chi connectivity index (χ4n) is 5.50. The third kappa shape index (κ3) is 6.63. The van der Waals surface area contributed by atoms with Gasteiger partial charge in [-0.3, -0.25) is 0 Å². The van der Waals surface area contributed by atoms with Crippen LogP contribution in [0.1, 0.15) is 63.5 Å². The standard InChI is InChI=1S/C29H40N2O4/c1-21(2)19-26(29(33,23-9-5-3-6-10-23)24-11-7-4-8-12-24)31-28(32)30-25-15-13-22(14-16-25)20-27-34-17-18-35-27/h3-12,21-22,25-27,33H,13-20H2,1-2H3,(H2,30,31,32)/t22-,25-,26-/m1/s1. The number of nitrogens with one attached hydrogen (secondary N) is 2. The number of urea groups is 1. The largest absolute Gasteiger partial charge is 0.378 e. The third-order valence-electron chi connectivity index (χ3n) is 7.34. The number of carbonyl (C=O) groups excluding carboxylic acids is 1. The molecule has 2 aromatic rings. The number of ether oxygens (including phenoxy) is 2. The summed E-state index contributed by atoms with van der Waals surface area (Å²) < 4.78 is 11.2. The SMILES string of the molecule is CC(C)C[C@@H](NC(=O)N[C@H]1CC[C@H](CC2OCCO2)CC1)C(O)(c1ccccc1)c1ccccc1. The molecular formula is C29H40N2O4. The molecule has 2 amide bonds. The molecule has 190 valence electrons. The van der Waals surface area contributed by atoms with E-state index in [2.05, 4.69) is 24.5 Å². The lowest BCUT2D eigenvalue weighted by Crippen LogP contribution is -2.56. The minimum Gasteiger partial charge on any atom is -0.378 e. The lowest BCUT2D eigenvalue weighted by atomic mass is 9.77. The van der Waals surface area contributed by atoms with Gasteiger partial charge in [-0.2, -0.15) is 0 Å². The molecule has 1 atom stereocenters. The zero-order valence-corrected chi connectivity index (χ0v) is 21.0. The molecule has 6 nitrogen and oxygen atoms in total. The molecule has 35 heavy (non-hydrogen) atoms. The Morgan fingerprint density at radius 1 is 0.943 bits per heavy atom. The van der Waals surface area contributed by atoms with E-state index in [9.17, 15) is 9.90 Å². The van der Waals surface area contributed by atoms with Gasteiger partial charge in [-0.25, -0.2) is 4.79 Å². The number of hydrogen-bond donors (Lipinski definition) is 3. The second kappa shape index (κ2) is 12.0. The van der Waals surface area contributed by atoms with Gasteiger partial charge in [0.2, 0.25) is 0 Å². The first-order chi connectivity index (χ1) is 16.9. The van der Waals surface area contributed by atoms with E-state index in [1.165, 1.54) is 0 Å². The molecule has 3 N–H and O–H groups in total. The maximum Gasteiger partial charge on any atom is 0.315 e. The number of rotatable bonds is 9. The van der Waals surface area contributed by atoms with Crippen molar-refractivity contribution >= 4 is 6.03 Å². The molecule has 1 heterocycles. The zero-order valence-electron chi connectivity index (χ0n) is 21.0. The zero-order chi connectivity index (χ0) is 24.7. The second-order valence-electron chi connectivity index (χ2n) is 10.4. The van der Waals surface area contributed by atoms with Crippen molar-refractivity contribution in [1.82, 2.24) is 10.6 Å². The number of amides is 2. The molecule has 0 spiro atoms. The predicted molar refractivity (Wildman–Crippen MR) is 137 cm³/mol. The van der Waals surface area contributed by atoms with Crippen LogP contribution >= 0.6 is 0 Å². The molecule has 2 aromatic carbocycles. The lowest BCUT2D eigenvalue weighted by molar-refractivity contribution is -0.0601. The summed E-state index contributed by atoms with van der Waals surface area (Å²) in [4.78, 5) is 13.2. The first kappa shape index (κ1) is 25.7. The predicted octanol–water partition coefficient (Wildman–Crippen LogP) is 4.96. The highest BCUT2D eigenvalue weighted by Crippen LogP contribution is 2.36. The molecule has 0 aromatic heterocycles. The summed E-state index contributed by atoms with van der Waals surface area (Å²) in [5.74, 6) is 0.865. The van der Waals surface area contributed by atoms with E-state index >= 15 is 0 Å². The Kier molecular flexibility index (Phi) is 8.82. The molecule has 1 aliphatic heterocycles. The van der Waals surface area contributed by atoms with Gasteiger partial charge in [0, 0.05) is 12.5 Å². The van der Waals surface area contributed by atoms with Crippen LogP contribution in [0.2, 0.25) is 0 Å². The average Bonchev–Trinajstić information content (AvgIpc) is 3.38. The number of hydrogen-bond acceptors (Lipinski definition) is 4. The number of aliphatic hydroxyl groups is 1. The molecule has 1 saturated heterocycles. The first-order valence-corrected chi connectivity index (χ1v) is 13.1. The molecular weight excluding hydrogens is 440 g/mol. The van der Waals surface area contributed by atoms with Crippen molar-refractivity contribution in [3.63, 3.8) is 0 Å². The Labute approximate surface area is 209 Å². The highest BCUT2D eigenvalue weighted by atomic mass is 16.7. The van der Waals surface area contributed by atoms with Gasteiger partial charge in [0.05, 0.1) is 19.3 Å². The van der Waals surface area contributed by atoms with Crippen molar-refractivity contribution < 1.29 is 19.4 Å². The quantitative estimate of drug-likeness (QED) is 0.474. The van der Waals surface area contributed by atoms with Gasteiger partial charge in [-0.05, 0) is 55.1 Å². The number of carbonyl (C=O) groups is 1. The molecule has 0 bridgehead atoms. The van der Waals surface area contributed by atoms with E-state index < -0.39 is 11.6 Å². The molecule has 1 saturated carbocycles. The van der Waals surface area contributed by atoms with Gasteiger partial charge >= 0.3 is 6.03 Å². The minimum absolute atomic E-state index is 0.0572. The fraction of sp³-hybridized carbons (Fsp3) is 0.552. The minimum atomic E-state index is -1.34. The van der Waals surface area contributed by atoms with Gasteiger partial charge in [-0.1, -0.05) is 74.5 Å². The van der Waals surface area contributed by atoms with Crippen LogP contribution in [-0.4, -0.2) is 42.7 Å². The van der Waals surface area contributed by atoms with Crippen molar-refractivity contribution in [2.45, 2.75) is 76.3 Å². The Morgan fingerprint density at radius 2 is 1.49 bits per heavy atom. The third-order valence-corrected chi connectivity index (χ3v) is 7.34. The molecule has 6 heteroatoms. The Hall–Kier alpha value is -2.41. The van der Waals surface area contributed by atoms with Gasteiger partial charge in [0.1, 0.15) is 5.60 Å². The molecule has 2 aliphatic rings. The van der Waals surface area contributed by atoms with E-state index in [4.69, 9.17) is 9.47 Å². The maximum atomic E-state index is 13.2. The summed E-state index contributed by atoms with van der Waals surface area (Å²) in [7, 11) is 0.